The maximum Gasteiger partial charge on any atom is 0.0809 e. The van der Waals surface area contributed by atoms with Crippen molar-refractivity contribution in [2.75, 3.05) is 27.2 Å². The van der Waals surface area contributed by atoms with Crippen molar-refractivity contribution in [3.63, 3.8) is 0 Å². The third-order valence-electron chi connectivity index (χ3n) is 4.50. The largest absolute Gasteiger partial charge is 0.376 e. The van der Waals surface area contributed by atoms with Crippen LogP contribution >= 0.6 is 51.4 Å². The summed E-state index contributed by atoms with van der Waals surface area (Å²) < 4.78 is 7.07. The molecule has 0 N–H and O–H groups in total. The van der Waals surface area contributed by atoms with Crippen LogP contribution in [0.25, 0.3) is 21.6 Å². The van der Waals surface area contributed by atoms with Crippen LogP contribution in [-0.4, -0.2) is 32.1 Å². The molecule has 2 heterocycles. The first-order chi connectivity index (χ1) is 13.1. The topological polar surface area (TPSA) is 12.5 Å². The highest BCUT2D eigenvalue weighted by Crippen LogP contribution is 2.51. The third-order valence-corrected chi connectivity index (χ3v) is 7.29. The van der Waals surface area contributed by atoms with Crippen LogP contribution in [0.15, 0.2) is 62.8 Å². The van der Waals surface area contributed by atoms with Crippen molar-refractivity contribution in [1.82, 2.24) is 4.90 Å². The quantitative estimate of drug-likeness (QED) is 0.262. The van der Waals surface area contributed by atoms with Gasteiger partial charge in [0.2, 0.25) is 0 Å². The SMILES string of the molecule is CN(C)CCCOCc1cc2c(s1)-c1cc(Br)ccc1Sc1ccccc1-2.Cl. The van der Waals surface area contributed by atoms with Crippen LogP contribution in [0.2, 0.25) is 0 Å². The van der Waals surface area contributed by atoms with Crippen LogP contribution in [0.4, 0.5) is 0 Å². The van der Waals surface area contributed by atoms with E-state index in [-0.39, 0.29) is 12.4 Å². The Balaban J connectivity index is 0.00000225. The second-order valence-corrected chi connectivity index (χ2v) is 10.0. The average Bonchev–Trinajstić information content (AvgIpc) is 3.02. The minimum Gasteiger partial charge on any atom is -0.376 e. The van der Waals surface area contributed by atoms with Crippen molar-refractivity contribution in [3.05, 3.63) is 57.9 Å². The van der Waals surface area contributed by atoms with E-state index < -0.39 is 0 Å². The molecule has 1 aliphatic rings. The molecule has 1 aromatic heterocycles. The van der Waals surface area contributed by atoms with Crippen LogP contribution in [0.5, 0.6) is 0 Å². The van der Waals surface area contributed by atoms with E-state index in [1.165, 1.54) is 36.2 Å². The van der Waals surface area contributed by atoms with Gasteiger partial charge in [0, 0.05) is 41.8 Å². The predicted octanol–water partition coefficient (Wildman–Crippen LogP) is 7.20. The van der Waals surface area contributed by atoms with Gasteiger partial charge in [0.1, 0.15) is 0 Å². The summed E-state index contributed by atoms with van der Waals surface area (Å²) in [6, 6.07) is 17.6. The van der Waals surface area contributed by atoms with Gasteiger partial charge in [0.15, 0.2) is 0 Å². The molecule has 4 rings (SSSR count). The molecule has 3 aromatic rings. The Morgan fingerprint density at radius 1 is 0.964 bits per heavy atom. The molecule has 0 radical (unpaired) electrons. The zero-order valence-corrected chi connectivity index (χ0v) is 19.9. The molecule has 148 valence electrons. The number of hydrogen-bond donors (Lipinski definition) is 0. The number of thiophene rings is 1. The Morgan fingerprint density at radius 2 is 1.75 bits per heavy atom. The second-order valence-electron chi connectivity index (χ2n) is 6.90. The van der Waals surface area contributed by atoms with Gasteiger partial charge in [-0.1, -0.05) is 45.9 Å². The first kappa shape index (κ1) is 21.9. The highest BCUT2D eigenvalue weighted by Gasteiger charge is 2.22. The van der Waals surface area contributed by atoms with Crippen molar-refractivity contribution in [3.8, 4) is 21.6 Å². The van der Waals surface area contributed by atoms with Gasteiger partial charge >= 0.3 is 0 Å². The lowest BCUT2D eigenvalue weighted by Crippen LogP contribution is -2.14. The molecule has 2 aromatic carbocycles. The van der Waals surface area contributed by atoms with E-state index in [9.17, 15) is 0 Å². The van der Waals surface area contributed by atoms with E-state index >= 15 is 0 Å². The summed E-state index contributed by atoms with van der Waals surface area (Å²) in [5.74, 6) is 0. The number of hydrogen-bond acceptors (Lipinski definition) is 4. The molecule has 0 atom stereocenters. The third kappa shape index (κ3) is 4.84. The molecule has 0 amide bonds. The fourth-order valence-electron chi connectivity index (χ4n) is 3.23. The molecule has 6 heteroatoms. The van der Waals surface area contributed by atoms with E-state index in [2.05, 4.69) is 83.5 Å². The molecule has 0 saturated heterocycles. The monoisotopic (exact) mass is 495 g/mol. The summed E-state index contributed by atoms with van der Waals surface area (Å²) in [5.41, 5.74) is 3.95. The summed E-state index contributed by atoms with van der Waals surface area (Å²) in [6.45, 7) is 2.55. The molecule has 1 aliphatic heterocycles. The van der Waals surface area contributed by atoms with E-state index in [0.29, 0.717) is 6.61 Å². The highest BCUT2D eigenvalue weighted by atomic mass is 79.9. The Labute approximate surface area is 189 Å². The van der Waals surface area contributed by atoms with Gasteiger partial charge in [-0.05, 0) is 63.0 Å². The highest BCUT2D eigenvalue weighted by molar-refractivity contribution is 9.10. The molecule has 0 saturated carbocycles. The van der Waals surface area contributed by atoms with Crippen LogP contribution in [0.1, 0.15) is 11.3 Å². The summed E-state index contributed by atoms with van der Waals surface area (Å²) in [4.78, 5) is 7.45. The molecular formula is C22H23BrClNOS2. The smallest absolute Gasteiger partial charge is 0.0809 e. The van der Waals surface area contributed by atoms with Crippen LogP contribution in [0.3, 0.4) is 0 Å². The van der Waals surface area contributed by atoms with Gasteiger partial charge < -0.3 is 9.64 Å². The van der Waals surface area contributed by atoms with Crippen molar-refractivity contribution >= 4 is 51.4 Å². The lowest BCUT2D eigenvalue weighted by Gasteiger charge is -2.09. The Bertz CT molecular complexity index is 957. The Morgan fingerprint density at radius 3 is 2.57 bits per heavy atom. The zero-order valence-electron chi connectivity index (χ0n) is 15.9. The van der Waals surface area contributed by atoms with Crippen LogP contribution in [-0.2, 0) is 11.3 Å². The van der Waals surface area contributed by atoms with Gasteiger partial charge in [0.25, 0.3) is 0 Å². The molecule has 0 aliphatic carbocycles. The number of rotatable bonds is 6. The number of ether oxygens (including phenoxy) is 1. The van der Waals surface area contributed by atoms with Crippen molar-refractivity contribution in [2.45, 2.75) is 22.8 Å². The Hall–Kier alpha value is -0.820. The second kappa shape index (κ2) is 9.79. The summed E-state index contributed by atoms with van der Waals surface area (Å²) >= 11 is 7.36. The van der Waals surface area contributed by atoms with E-state index in [0.717, 1.165) is 24.0 Å². The first-order valence-corrected chi connectivity index (χ1v) is 11.5. The number of halogens is 2. The van der Waals surface area contributed by atoms with E-state index in [1.807, 2.05) is 23.1 Å². The molecule has 0 bridgehead atoms. The van der Waals surface area contributed by atoms with Crippen LogP contribution in [0, 0.1) is 0 Å². The predicted molar refractivity (Wildman–Crippen MR) is 127 cm³/mol. The van der Waals surface area contributed by atoms with Gasteiger partial charge in [-0.15, -0.1) is 23.7 Å². The molecule has 0 unspecified atom stereocenters. The van der Waals surface area contributed by atoms with E-state index in [1.54, 1.807) is 0 Å². The lowest BCUT2D eigenvalue weighted by molar-refractivity contribution is 0.115. The van der Waals surface area contributed by atoms with Crippen molar-refractivity contribution in [2.24, 2.45) is 0 Å². The standard InChI is InChI=1S/C22H22BrNOS2.ClH/c1-24(2)10-5-11-25-14-16-13-18-17-6-3-4-7-20(17)27-21-9-8-15(23)12-19(21)22(18)26-16;/h3-4,6-9,12-13H,5,10-11,14H2,1-2H3;1H. The molecular weight excluding hydrogens is 474 g/mol. The number of fused-ring (bicyclic) bond motifs is 5. The van der Waals surface area contributed by atoms with Crippen LogP contribution < -0.4 is 0 Å². The minimum atomic E-state index is 0. The van der Waals surface area contributed by atoms with Crippen molar-refractivity contribution in [1.29, 1.82) is 0 Å². The lowest BCUT2D eigenvalue weighted by atomic mass is 10.0. The zero-order chi connectivity index (χ0) is 18.8. The minimum absolute atomic E-state index is 0. The molecule has 0 fully saturated rings. The summed E-state index contributed by atoms with van der Waals surface area (Å²) in [6.07, 6.45) is 1.06. The van der Waals surface area contributed by atoms with E-state index in [4.69, 9.17) is 4.74 Å². The summed E-state index contributed by atoms with van der Waals surface area (Å²) in [5, 5.41) is 0. The Kier molecular flexibility index (Phi) is 7.65. The maximum atomic E-state index is 5.95. The number of nitrogens with zero attached hydrogens (tertiary/aromatic N) is 1. The fourth-order valence-corrected chi connectivity index (χ4v) is 5.88. The first-order valence-electron chi connectivity index (χ1n) is 9.04. The van der Waals surface area contributed by atoms with Crippen molar-refractivity contribution < 1.29 is 4.74 Å². The average molecular weight is 497 g/mol. The van der Waals surface area contributed by atoms with Gasteiger partial charge in [-0.25, -0.2) is 0 Å². The molecule has 2 nitrogen and oxygen atoms in total. The summed E-state index contributed by atoms with van der Waals surface area (Å²) in [7, 11) is 4.20. The van der Waals surface area contributed by atoms with Gasteiger partial charge in [-0.3, -0.25) is 0 Å². The fraction of sp³-hybridized carbons (Fsp3) is 0.273. The maximum absolute atomic E-state index is 5.95. The number of benzene rings is 2. The van der Waals surface area contributed by atoms with Gasteiger partial charge in [0.05, 0.1) is 6.61 Å². The molecule has 0 spiro atoms. The normalized spacial score (nSPS) is 12.0. The van der Waals surface area contributed by atoms with Gasteiger partial charge in [-0.2, -0.15) is 0 Å². The molecule has 28 heavy (non-hydrogen) atoms.